The number of sulfonamides is 1. The lowest BCUT2D eigenvalue weighted by molar-refractivity contribution is 0.122. The molecule has 0 aliphatic carbocycles. The smallest absolute Gasteiger partial charge is 0.408 e. The topological polar surface area (TPSA) is 93.8 Å². The molecule has 4 rings (SSSR count). The van der Waals surface area contributed by atoms with Gasteiger partial charge in [-0.1, -0.05) is 0 Å². The van der Waals surface area contributed by atoms with Gasteiger partial charge in [-0.15, -0.1) is 0 Å². The standard InChI is InChI=1S/C19H21N3O5S/c1-2-22-17-8-7-16(13-18(17)27-19(22)23)28(24,25)20-14-3-5-15(6-4-14)21-9-11-26-12-10-21/h3-8,13,20H,2,9-12H2,1H3. The Hall–Kier alpha value is -2.78. The number of rotatable bonds is 5. The van der Waals surface area contributed by atoms with E-state index in [1.165, 1.54) is 16.7 Å². The number of ether oxygens (including phenoxy) is 1. The molecule has 8 nitrogen and oxygen atoms in total. The first-order valence-corrected chi connectivity index (χ1v) is 10.6. The highest BCUT2D eigenvalue weighted by atomic mass is 32.2. The van der Waals surface area contributed by atoms with E-state index in [9.17, 15) is 13.2 Å². The van der Waals surface area contributed by atoms with E-state index in [1.807, 2.05) is 19.1 Å². The summed E-state index contributed by atoms with van der Waals surface area (Å²) in [4.78, 5) is 14.0. The van der Waals surface area contributed by atoms with Crippen LogP contribution in [0.1, 0.15) is 6.92 Å². The molecule has 148 valence electrons. The molecule has 0 saturated carbocycles. The maximum atomic E-state index is 12.7. The number of aryl methyl sites for hydroxylation is 1. The lowest BCUT2D eigenvalue weighted by Crippen LogP contribution is -2.36. The van der Waals surface area contributed by atoms with E-state index in [2.05, 4.69) is 9.62 Å². The molecule has 0 bridgehead atoms. The van der Waals surface area contributed by atoms with Crippen LogP contribution in [0.3, 0.4) is 0 Å². The van der Waals surface area contributed by atoms with Crippen LogP contribution in [0.2, 0.25) is 0 Å². The Kier molecular flexibility index (Phi) is 4.86. The normalized spacial score (nSPS) is 15.1. The fourth-order valence-electron chi connectivity index (χ4n) is 3.29. The molecule has 0 amide bonds. The number of morpholine rings is 1. The van der Waals surface area contributed by atoms with Crippen molar-refractivity contribution in [1.29, 1.82) is 0 Å². The van der Waals surface area contributed by atoms with E-state index in [0.717, 1.165) is 18.8 Å². The number of nitrogens with one attached hydrogen (secondary N) is 1. The van der Waals surface area contributed by atoms with Gasteiger partial charge in [0.2, 0.25) is 0 Å². The highest BCUT2D eigenvalue weighted by Crippen LogP contribution is 2.23. The first-order chi connectivity index (χ1) is 13.5. The first-order valence-electron chi connectivity index (χ1n) is 9.07. The van der Waals surface area contributed by atoms with Gasteiger partial charge in [0, 0.05) is 37.1 Å². The van der Waals surface area contributed by atoms with Crippen LogP contribution in [0.25, 0.3) is 11.1 Å². The van der Waals surface area contributed by atoms with Gasteiger partial charge >= 0.3 is 5.76 Å². The maximum absolute atomic E-state index is 12.7. The zero-order chi connectivity index (χ0) is 19.7. The van der Waals surface area contributed by atoms with Gasteiger partial charge in [0.15, 0.2) is 5.58 Å². The van der Waals surface area contributed by atoms with E-state index < -0.39 is 15.8 Å². The molecule has 1 aliphatic heterocycles. The van der Waals surface area contributed by atoms with Crippen molar-refractivity contribution in [2.24, 2.45) is 0 Å². The number of hydrogen-bond acceptors (Lipinski definition) is 6. The summed E-state index contributed by atoms with van der Waals surface area (Å²) in [6.07, 6.45) is 0. The molecule has 1 N–H and O–H groups in total. The highest BCUT2D eigenvalue weighted by molar-refractivity contribution is 7.92. The minimum Gasteiger partial charge on any atom is -0.408 e. The van der Waals surface area contributed by atoms with E-state index in [4.69, 9.17) is 9.15 Å². The SMILES string of the molecule is CCn1c(=O)oc2cc(S(=O)(=O)Nc3ccc(N4CCOCC4)cc3)ccc21. The number of benzene rings is 2. The summed E-state index contributed by atoms with van der Waals surface area (Å²) in [6, 6.07) is 11.6. The molecule has 1 saturated heterocycles. The summed E-state index contributed by atoms with van der Waals surface area (Å²) in [6.45, 7) is 5.27. The van der Waals surface area contributed by atoms with Gasteiger partial charge in [-0.05, 0) is 43.3 Å². The molecule has 2 aromatic carbocycles. The Balaban J connectivity index is 1.57. The van der Waals surface area contributed by atoms with Gasteiger partial charge in [-0.25, -0.2) is 13.2 Å². The first kappa shape index (κ1) is 18.6. The Labute approximate surface area is 162 Å². The Morgan fingerprint density at radius 1 is 1.07 bits per heavy atom. The molecule has 0 radical (unpaired) electrons. The summed E-state index contributed by atoms with van der Waals surface area (Å²) in [7, 11) is -3.81. The largest absolute Gasteiger partial charge is 0.419 e. The van der Waals surface area contributed by atoms with Crippen molar-refractivity contribution in [2.45, 2.75) is 18.4 Å². The molecule has 2 heterocycles. The predicted molar refractivity (Wildman–Crippen MR) is 106 cm³/mol. The maximum Gasteiger partial charge on any atom is 0.419 e. The molecule has 1 fully saturated rings. The van der Waals surface area contributed by atoms with Gasteiger partial charge in [0.25, 0.3) is 10.0 Å². The monoisotopic (exact) mass is 403 g/mol. The fourth-order valence-corrected chi connectivity index (χ4v) is 4.36. The van der Waals surface area contributed by atoms with Crippen molar-refractivity contribution in [3.05, 3.63) is 53.0 Å². The van der Waals surface area contributed by atoms with E-state index in [1.54, 1.807) is 18.2 Å². The Bertz CT molecular complexity index is 1140. The second-order valence-corrected chi connectivity index (χ2v) is 8.18. The van der Waals surface area contributed by atoms with Crippen LogP contribution in [-0.2, 0) is 21.3 Å². The third kappa shape index (κ3) is 3.50. The van der Waals surface area contributed by atoms with Crippen molar-refractivity contribution < 1.29 is 17.6 Å². The van der Waals surface area contributed by atoms with Crippen LogP contribution in [0.5, 0.6) is 0 Å². The number of anilines is 2. The Morgan fingerprint density at radius 2 is 1.79 bits per heavy atom. The summed E-state index contributed by atoms with van der Waals surface area (Å²) in [5.74, 6) is -0.501. The number of fused-ring (bicyclic) bond motifs is 1. The van der Waals surface area contributed by atoms with Crippen LogP contribution in [0.4, 0.5) is 11.4 Å². The van der Waals surface area contributed by atoms with Crippen LogP contribution in [0.15, 0.2) is 56.6 Å². The van der Waals surface area contributed by atoms with Crippen molar-refractivity contribution in [3.8, 4) is 0 Å². The molecule has 28 heavy (non-hydrogen) atoms. The summed E-state index contributed by atoms with van der Waals surface area (Å²) >= 11 is 0. The molecular formula is C19H21N3O5S. The molecule has 0 unspecified atom stereocenters. The lowest BCUT2D eigenvalue weighted by atomic mass is 10.2. The number of oxazole rings is 1. The van der Waals surface area contributed by atoms with E-state index in [0.29, 0.717) is 31.0 Å². The van der Waals surface area contributed by atoms with Gasteiger partial charge < -0.3 is 14.1 Å². The summed E-state index contributed by atoms with van der Waals surface area (Å²) in [5, 5.41) is 0. The fraction of sp³-hybridized carbons (Fsp3) is 0.316. The second-order valence-electron chi connectivity index (χ2n) is 6.49. The quantitative estimate of drug-likeness (QED) is 0.702. The number of hydrogen-bond donors (Lipinski definition) is 1. The van der Waals surface area contributed by atoms with Crippen LogP contribution < -0.4 is 15.4 Å². The molecular weight excluding hydrogens is 382 g/mol. The van der Waals surface area contributed by atoms with Gasteiger partial charge in [0.05, 0.1) is 23.6 Å². The highest BCUT2D eigenvalue weighted by Gasteiger charge is 2.18. The summed E-state index contributed by atoms with van der Waals surface area (Å²) in [5.41, 5.74) is 2.30. The van der Waals surface area contributed by atoms with Crippen molar-refractivity contribution in [3.63, 3.8) is 0 Å². The van der Waals surface area contributed by atoms with E-state index in [-0.39, 0.29) is 10.5 Å². The van der Waals surface area contributed by atoms with Crippen LogP contribution in [-0.4, -0.2) is 39.3 Å². The van der Waals surface area contributed by atoms with Crippen LogP contribution >= 0.6 is 0 Å². The van der Waals surface area contributed by atoms with Gasteiger partial charge in [0.1, 0.15) is 0 Å². The van der Waals surface area contributed by atoms with Crippen molar-refractivity contribution in [1.82, 2.24) is 4.57 Å². The second kappa shape index (κ2) is 7.33. The molecule has 3 aromatic rings. The summed E-state index contributed by atoms with van der Waals surface area (Å²) < 4.78 is 40.0. The zero-order valence-electron chi connectivity index (χ0n) is 15.4. The molecule has 0 spiro atoms. The minimum atomic E-state index is -3.81. The Morgan fingerprint density at radius 3 is 2.46 bits per heavy atom. The molecule has 1 aliphatic rings. The lowest BCUT2D eigenvalue weighted by Gasteiger charge is -2.28. The zero-order valence-corrected chi connectivity index (χ0v) is 16.2. The van der Waals surface area contributed by atoms with E-state index >= 15 is 0 Å². The third-order valence-corrected chi connectivity index (χ3v) is 6.14. The van der Waals surface area contributed by atoms with Gasteiger partial charge in [-0.3, -0.25) is 9.29 Å². The number of nitrogens with zero attached hydrogens (tertiary/aromatic N) is 2. The van der Waals surface area contributed by atoms with Gasteiger partial charge in [-0.2, -0.15) is 0 Å². The van der Waals surface area contributed by atoms with Crippen molar-refractivity contribution in [2.75, 3.05) is 35.9 Å². The predicted octanol–water partition coefficient (Wildman–Crippen LogP) is 2.25. The minimum absolute atomic E-state index is 0.0364. The average molecular weight is 403 g/mol. The molecule has 9 heteroatoms. The third-order valence-electron chi connectivity index (χ3n) is 4.76. The average Bonchev–Trinajstić information content (AvgIpc) is 3.03. The number of aromatic nitrogens is 1. The van der Waals surface area contributed by atoms with Crippen LogP contribution in [0, 0.1) is 0 Å². The molecule has 0 atom stereocenters. The van der Waals surface area contributed by atoms with Crippen molar-refractivity contribution >= 4 is 32.5 Å². The molecule has 1 aromatic heterocycles.